The average molecular weight is 385 g/mol. The van der Waals surface area contributed by atoms with Crippen molar-refractivity contribution in [2.75, 3.05) is 26.7 Å². The summed E-state index contributed by atoms with van der Waals surface area (Å²) in [6.45, 7) is 2.48. The first-order valence-corrected chi connectivity index (χ1v) is 10.0. The summed E-state index contributed by atoms with van der Waals surface area (Å²) in [6, 6.07) is 7.02. The van der Waals surface area contributed by atoms with Crippen LogP contribution < -0.4 is 10.2 Å². The van der Waals surface area contributed by atoms with Crippen molar-refractivity contribution in [1.29, 1.82) is 0 Å². The number of benzene rings is 1. The Morgan fingerprint density at radius 1 is 1.29 bits per heavy atom. The molecule has 2 saturated heterocycles. The summed E-state index contributed by atoms with van der Waals surface area (Å²) < 4.78 is 5.22. The first-order valence-electron chi connectivity index (χ1n) is 10.0. The predicted octanol–water partition coefficient (Wildman–Crippen LogP) is 1.78. The monoisotopic (exact) mass is 385 g/mol. The van der Waals surface area contributed by atoms with Crippen molar-refractivity contribution in [2.24, 2.45) is 5.92 Å². The summed E-state index contributed by atoms with van der Waals surface area (Å²) in [5.41, 5.74) is 2.79. The Morgan fingerprint density at radius 2 is 2.07 bits per heavy atom. The molecule has 7 nitrogen and oxygen atoms in total. The van der Waals surface area contributed by atoms with E-state index in [2.05, 4.69) is 10.3 Å². The van der Waals surface area contributed by atoms with Crippen molar-refractivity contribution >= 4 is 17.6 Å². The predicted molar refractivity (Wildman–Crippen MR) is 103 cm³/mol. The van der Waals surface area contributed by atoms with Gasteiger partial charge in [-0.05, 0) is 43.4 Å². The number of likely N-dealkylation sites (tertiary alicyclic amines) is 1. The van der Waals surface area contributed by atoms with E-state index >= 15 is 0 Å². The summed E-state index contributed by atoms with van der Waals surface area (Å²) in [4.78, 5) is 39.2. The molecule has 1 spiro atoms. The van der Waals surface area contributed by atoms with Gasteiger partial charge < -0.3 is 9.64 Å². The fourth-order valence-corrected chi connectivity index (χ4v) is 4.78. The molecule has 150 valence electrons. The van der Waals surface area contributed by atoms with Crippen molar-refractivity contribution in [2.45, 2.75) is 44.1 Å². The normalized spacial score (nSPS) is 26.1. The van der Waals surface area contributed by atoms with Crippen molar-refractivity contribution in [1.82, 2.24) is 15.3 Å². The highest BCUT2D eigenvalue weighted by Gasteiger charge is 2.52. The Hall–Kier alpha value is -2.41. The van der Waals surface area contributed by atoms with Gasteiger partial charge >= 0.3 is 0 Å². The number of rotatable bonds is 4. The fraction of sp³-hybridized carbons (Fsp3) is 0.571. The second kappa shape index (κ2) is 7.54. The zero-order chi connectivity index (χ0) is 19.7. The summed E-state index contributed by atoms with van der Waals surface area (Å²) in [7, 11) is 1.57. The molecule has 1 saturated carbocycles. The Morgan fingerprint density at radius 3 is 2.82 bits per heavy atom. The highest BCUT2D eigenvalue weighted by atomic mass is 16.5. The molecule has 0 aromatic heterocycles. The molecule has 1 unspecified atom stereocenters. The summed E-state index contributed by atoms with van der Waals surface area (Å²) in [5, 5.41) is 1.55. The van der Waals surface area contributed by atoms with Crippen LogP contribution in [0.3, 0.4) is 0 Å². The van der Waals surface area contributed by atoms with E-state index in [-0.39, 0.29) is 11.8 Å². The third kappa shape index (κ3) is 3.63. The van der Waals surface area contributed by atoms with Gasteiger partial charge in [-0.15, -0.1) is 0 Å². The molecule has 1 aromatic carbocycles. The molecule has 1 aliphatic carbocycles. The highest BCUT2D eigenvalue weighted by Crippen LogP contribution is 2.36. The fourth-order valence-electron chi connectivity index (χ4n) is 4.78. The van der Waals surface area contributed by atoms with Gasteiger partial charge in [0.2, 0.25) is 5.91 Å². The van der Waals surface area contributed by atoms with E-state index in [4.69, 9.17) is 4.74 Å². The number of nitrogens with zero attached hydrogens (tertiary/aromatic N) is 2. The molecular formula is C21H27N3O4. The zero-order valence-corrected chi connectivity index (χ0v) is 16.3. The second-order valence-electron chi connectivity index (χ2n) is 8.28. The second-order valence-corrected chi connectivity index (χ2v) is 8.28. The van der Waals surface area contributed by atoms with E-state index in [0.29, 0.717) is 48.8 Å². The van der Waals surface area contributed by atoms with Crippen molar-refractivity contribution < 1.29 is 19.1 Å². The number of Topliss-reactive ketones (excluding diaryl/α,β-unsaturated/α-hetero) is 1. The lowest BCUT2D eigenvalue weighted by atomic mass is 9.88. The van der Waals surface area contributed by atoms with E-state index in [9.17, 15) is 14.4 Å². The van der Waals surface area contributed by atoms with Gasteiger partial charge in [-0.3, -0.25) is 19.8 Å². The van der Waals surface area contributed by atoms with Crippen LogP contribution in [0.1, 0.15) is 48.9 Å². The Bertz CT molecular complexity index is 786. The van der Waals surface area contributed by atoms with Crippen LogP contribution in [0, 0.1) is 5.92 Å². The molecule has 4 rings (SSSR count). The maximum absolute atomic E-state index is 13.2. The van der Waals surface area contributed by atoms with Crippen LogP contribution in [-0.4, -0.2) is 59.8 Å². The molecule has 7 heteroatoms. The molecule has 1 aromatic rings. The SMILES string of the molecule is COc1cccc(C(=O)N2NC(=O)CC23CCN(CC2CCC(=O)CC2)C3)c1. The molecule has 1 atom stereocenters. The molecule has 28 heavy (non-hydrogen) atoms. The minimum atomic E-state index is -0.498. The van der Waals surface area contributed by atoms with Crippen molar-refractivity contribution in [3.05, 3.63) is 29.8 Å². The van der Waals surface area contributed by atoms with E-state index in [0.717, 1.165) is 32.4 Å². The number of hydrazine groups is 1. The zero-order valence-electron chi connectivity index (χ0n) is 16.3. The van der Waals surface area contributed by atoms with Gasteiger partial charge in [-0.2, -0.15) is 0 Å². The van der Waals surface area contributed by atoms with E-state index in [1.54, 1.807) is 36.4 Å². The summed E-state index contributed by atoms with van der Waals surface area (Å²) in [6.07, 6.45) is 4.38. The van der Waals surface area contributed by atoms with Gasteiger partial charge in [-0.1, -0.05) is 6.07 Å². The van der Waals surface area contributed by atoms with E-state index < -0.39 is 5.54 Å². The van der Waals surface area contributed by atoms with Gasteiger partial charge in [0.05, 0.1) is 19.1 Å². The third-order valence-corrected chi connectivity index (χ3v) is 6.31. The number of ketones is 1. The number of amides is 2. The van der Waals surface area contributed by atoms with Crippen LogP contribution in [0.4, 0.5) is 0 Å². The van der Waals surface area contributed by atoms with Gasteiger partial charge in [0, 0.05) is 38.0 Å². The number of hydrogen-bond donors (Lipinski definition) is 1. The first-order chi connectivity index (χ1) is 13.5. The van der Waals surface area contributed by atoms with Crippen LogP contribution in [0.25, 0.3) is 0 Å². The van der Waals surface area contributed by atoms with Gasteiger partial charge in [0.1, 0.15) is 11.5 Å². The minimum absolute atomic E-state index is 0.110. The number of hydrogen-bond acceptors (Lipinski definition) is 5. The molecule has 2 heterocycles. The smallest absolute Gasteiger partial charge is 0.273 e. The highest BCUT2D eigenvalue weighted by molar-refractivity contribution is 5.98. The van der Waals surface area contributed by atoms with Crippen LogP contribution in [0.15, 0.2) is 24.3 Å². The molecule has 0 bridgehead atoms. The molecule has 2 aliphatic heterocycles. The number of carbonyl (C=O) groups is 3. The van der Waals surface area contributed by atoms with Crippen molar-refractivity contribution in [3.63, 3.8) is 0 Å². The van der Waals surface area contributed by atoms with Crippen molar-refractivity contribution in [3.8, 4) is 5.75 Å². The topological polar surface area (TPSA) is 79.0 Å². The number of ether oxygens (including phenoxy) is 1. The molecule has 3 aliphatic rings. The summed E-state index contributed by atoms with van der Waals surface area (Å²) in [5.74, 6) is 1.21. The standard InChI is InChI=1S/C21H27N3O4/c1-28-18-4-2-3-16(11-18)20(27)24-21(12-19(26)22-24)9-10-23(14-21)13-15-5-7-17(25)8-6-15/h2-4,11,15H,5-10,12-14H2,1H3,(H,22,26). The lowest BCUT2D eigenvalue weighted by Crippen LogP contribution is -2.53. The summed E-state index contributed by atoms with van der Waals surface area (Å²) >= 11 is 0. The first kappa shape index (κ1) is 18.9. The molecule has 1 N–H and O–H groups in total. The maximum Gasteiger partial charge on any atom is 0.273 e. The Balaban J connectivity index is 1.47. The van der Waals surface area contributed by atoms with E-state index in [1.807, 2.05) is 0 Å². The van der Waals surface area contributed by atoms with Gasteiger partial charge in [-0.25, -0.2) is 5.01 Å². The molecular weight excluding hydrogens is 358 g/mol. The van der Waals surface area contributed by atoms with Crippen LogP contribution in [0.5, 0.6) is 5.75 Å². The molecule has 2 amide bonds. The number of carbonyl (C=O) groups excluding carboxylic acids is 3. The lowest BCUT2D eigenvalue weighted by Gasteiger charge is -2.34. The lowest BCUT2D eigenvalue weighted by molar-refractivity contribution is -0.121. The van der Waals surface area contributed by atoms with Crippen LogP contribution in [-0.2, 0) is 9.59 Å². The Kier molecular flexibility index (Phi) is 5.10. The van der Waals surface area contributed by atoms with Gasteiger partial charge in [0.15, 0.2) is 0 Å². The third-order valence-electron chi connectivity index (χ3n) is 6.31. The van der Waals surface area contributed by atoms with E-state index in [1.165, 1.54) is 0 Å². The Labute approximate surface area is 165 Å². The maximum atomic E-state index is 13.2. The molecule has 3 fully saturated rings. The number of methoxy groups -OCH3 is 1. The average Bonchev–Trinajstić information content (AvgIpc) is 3.25. The molecule has 0 radical (unpaired) electrons. The number of nitrogens with one attached hydrogen (secondary N) is 1. The van der Waals surface area contributed by atoms with Crippen LogP contribution >= 0.6 is 0 Å². The minimum Gasteiger partial charge on any atom is -0.497 e. The quantitative estimate of drug-likeness (QED) is 0.855. The van der Waals surface area contributed by atoms with Crippen LogP contribution in [0.2, 0.25) is 0 Å². The largest absolute Gasteiger partial charge is 0.497 e. The van der Waals surface area contributed by atoms with Gasteiger partial charge in [0.25, 0.3) is 5.91 Å².